The van der Waals surface area contributed by atoms with Crippen molar-refractivity contribution in [1.82, 2.24) is 10.2 Å². The molecule has 0 aliphatic carbocycles. The summed E-state index contributed by atoms with van der Waals surface area (Å²) < 4.78 is 20.1. The van der Waals surface area contributed by atoms with Crippen LogP contribution >= 0.6 is 0 Å². The van der Waals surface area contributed by atoms with E-state index in [1.54, 1.807) is 24.0 Å². The largest absolute Gasteiger partial charge is 0.476 e. The minimum absolute atomic E-state index is 0.132. The molecular weight excluding hydrogens is 331 g/mol. The fraction of sp³-hybridized carbons (Fsp3) is 0.476. The Bertz CT molecular complexity index is 677. The second kappa shape index (κ2) is 9.53. The number of ether oxygens (including phenoxy) is 1. The molecule has 1 fully saturated rings. The van der Waals surface area contributed by atoms with Crippen molar-refractivity contribution in [3.63, 3.8) is 0 Å². The normalized spacial score (nSPS) is 17.0. The Labute approximate surface area is 155 Å². The molecule has 1 N–H and O–H groups in total. The molecule has 1 saturated heterocycles. The molecule has 142 valence electrons. The molecule has 1 aromatic rings. The number of rotatable bonds is 6. The lowest BCUT2D eigenvalue weighted by atomic mass is 10.0. The van der Waals surface area contributed by atoms with Gasteiger partial charge in [0.2, 0.25) is 6.10 Å². The number of amides is 1. The van der Waals surface area contributed by atoms with Crippen LogP contribution in [0.25, 0.3) is 0 Å². The maximum absolute atomic E-state index is 14.1. The molecule has 1 amide bonds. The Kier molecular flexibility index (Phi) is 7.39. The molecule has 0 aromatic heterocycles. The lowest BCUT2D eigenvalue weighted by Crippen LogP contribution is -2.48. The van der Waals surface area contributed by atoms with E-state index >= 15 is 0 Å². The summed E-state index contributed by atoms with van der Waals surface area (Å²) in [6.45, 7) is 10.5. The number of carbonyl (C=O) groups excluding carboxylic acids is 1. The number of halogens is 1. The van der Waals surface area contributed by atoms with Gasteiger partial charge in [0.25, 0.3) is 5.91 Å². The quantitative estimate of drug-likeness (QED) is 0.621. The van der Waals surface area contributed by atoms with E-state index in [-0.39, 0.29) is 11.7 Å². The van der Waals surface area contributed by atoms with Crippen LogP contribution < -0.4 is 5.32 Å². The summed E-state index contributed by atoms with van der Waals surface area (Å²) in [6.07, 6.45) is 4.85. The van der Waals surface area contributed by atoms with Crippen molar-refractivity contribution in [3.8, 4) is 0 Å². The SMILES string of the molecule is C/C=C(\C=C/C(C)C)OC(C(=O)N1CCNCC1)c1ccc(C)c(F)c1. The van der Waals surface area contributed by atoms with Crippen molar-refractivity contribution < 1.29 is 13.9 Å². The first kappa shape index (κ1) is 20.2. The Morgan fingerprint density at radius 2 is 2.00 bits per heavy atom. The van der Waals surface area contributed by atoms with Gasteiger partial charge in [0.1, 0.15) is 11.6 Å². The highest BCUT2D eigenvalue weighted by atomic mass is 19.1. The summed E-state index contributed by atoms with van der Waals surface area (Å²) in [5, 5.41) is 3.23. The number of hydrogen-bond donors (Lipinski definition) is 1. The van der Waals surface area contributed by atoms with Crippen molar-refractivity contribution in [2.75, 3.05) is 26.2 Å². The first-order valence-corrected chi connectivity index (χ1v) is 9.19. The number of nitrogens with zero attached hydrogens (tertiary/aromatic N) is 1. The van der Waals surface area contributed by atoms with E-state index in [9.17, 15) is 9.18 Å². The summed E-state index contributed by atoms with van der Waals surface area (Å²) in [5.41, 5.74) is 1.09. The maximum atomic E-state index is 14.1. The summed E-state index contributed by atoms with van der Waals surface area (Å²) in [4.78, 5) is 14.9. The molecule has 1 aliphatic rings. The molecule has 1 atom stereocenters. The number of benzene rings is 1. The number of hydrogen-bond acceptors (Lipinski definition) is 3. The summed E-state index contributed by atoms with van der Waals surface area (Å²) in [6, 6.07) is 4.85. The van der Waals surface area contributed by atoms with Gasteiger partial charge in [0.15, 0.2) is 0 Å². The molecule has 5 heteroatoms. The van der Waals surface area contributed by atoms with Gasteiger partial charge in [0, 0.05) is 31.7 Å². The minimum Gasteiger partial charge on any atom is -0.476 e. The monoisotopic (exact) mass is 360 g/mol. The zero-order chi connectivity index (χ0) is 19.1. The first-order valence-electron chi connectivity index (χ1n) is 9.19. The van der Waals surface area contributed by atoms with Crippen molar-refractivity contribution in [3.05, 3.63) is 59.1 Å². The highest BCUT2D eigenvalue weighted by molar-refractivity contribution is 5.82. The second-order valence-corrected chi connectivity index (χ2v) is 6.88. The van der Waals surface area contributed by atoms with Crippen LogP contribution in [0, 0.1) is 18.7 Å². The molecule has 0 radical (unpaired) electrons. The zero-order valence-corrected chi connectivity index (χ0v) is 16.1. The highest BCUT2D eigenvalue weighted by Gasteiger charge is 2.29. The fourth-order valence-electron chi connectivity index (χ4n) is 2.71. The molecule has 1 unspecified atom stereocenters. The fourth-order valence-corrected chi connectivity index (χ4v) is 2.71. The van der Waals surface area contributed by atoms with Gasteiger partial charge in [-0.15, -0.1) is 0 Å². The van der Waals surface area contributed by atoms with Crippen LogP contribution in [0.5, 0.6) is 0 Å². The average Bonchev–Trinajstić information content (AvgIpc) is 2.64. The molecule has 0 saturated carbocycles. The van der Waals surface area contributed by atoms with Crippen molar-refractivity contribution in [1.29, 1.82) is 0 Å². The predicted molar refractivity (Wildman–Crippen MR) is 102 cm³/mol. The Balaban J connectivity index is 2.30. The van der Waals surface area contributed by atoms with E-state index in [0.717, 1.165) is 13.1 Å². The van der Waals surface area contributed by atoms with Crippen LogP contribution in [-0.2, 0) is 9.53 Å². The topological polar surface area (TPSA) is 41.6 Å². The van der Waals surface area contributed by atoms with Crippen LogP contribution in [-0.4, -0.2) is 37.0 Å². The third kappa shape index (κ3) is 5.43. The molecule has 0 bridgehead atoms. The zero-order valence-electron chi connectivity index (χ0n) is 16.1. The molecule has 4 nitrogen and oxygen atoms in total. The van der Waals surface area contributed by atoms with Gasteiger partial charge in [-0.1, -0.05) is 32.1 Å². The third-order valence-electron chi connectivity index (χ3n) is 4.34. The van der Waals surface area contributed by atoms with E-state index in [2.05, 4.69) is 19.2 Å². The number of carbonyl (C=O) groups is 1. The first-order chi connectivity index (χ1) is 12.4. The van der Waals surface area contributed by atoms with Gasteiger partial charge < -0.3 is 15.0 Å². The highest BCUT2D eigenvalue weighted by Crippen LogP contribution is 2.26. The second-order valence-electron chi connectivity index (χ2n) is 6.88. The average molecular weight is 360 g/mol. The Hall–Kier alpha value is -2.14. The van der Waals surface area contributed by atoms with Crippen molar-refractivity contribution in [2.24, 2.45) is 5.92 Å². The van der Waals surface area contributed by atoms with Crippen LogP contribution in [0.15, 0.2) is 42.2 Å². The van der Waals surface area contributed by atoms with Gasteiger partial charge in [-0.3, -0.25) is 4.79 Å². The molecule has 0 spiro atoms. The Morgan fingerprint density at radius 1 is 1.31 bits per heavy atom. The molecule has 2 rings (SSSR count). The standard InChI is InChI=1S/C21H29FN2O2/c1-5-18(9-6-15(2)3)26-20(17-8-7-16(4)19(22)14-17)21(25)24-12-10-23-11-13-24/h5-9,14-15,20,23H,10-13H2,1-4H3/b9-6-,18-5+. The third-order valence-corrected chi connectivity index (χ3v) is 4.34. The molecule has 1 heterocycles. The van der Waals surface area contributed by atoms with Gasteiger partial charge in [-0.05, 0) is 43.5 Å². The van der Waals surface area contributed by atoms with Gasteiger partial charge >= 0.3 is 0 Å². The lowest BCUT2D eigenvalue weighted by molar-refractivity contribution is -0.142. The lowest BCUT2D eigenvalue weighted by Gasteiger charge is -2.31. The van der Waals surface area contributed by atoms with E-state index in [1.807, 2.05) is 25.2 Å². The summed E-state index contributed by atoms with van der Waals surface area (Å²) >= 11 is 0. The number of piperazine rings is 1. The molecule has 26 heavy (non-hydrogen) atoms. The van der Waals surface area contributed by atoms with Crippen molar-refractivity contribution >= 4 is 5.91 Å². The smallest absolute Gasteiger partial charge is 0.268 e. The predicted octanol–water partition coefficient (Wildman–Crippen LogP) is 3.74. The minimum atomic E-state index is -0.855. The van der Waals surface area contributed by atoms with Crippen LogP contribution in [0.1, 0.15) is 38.0 Å². The Morgan fingerprint density at radius 3 is 2.58 bits per heavy atom. The molecule has 1 aliphatic heterocycles. The van der Waals surface area contributed by atoms with E-state index in [1.165, 1.54) is 6.07 Å². The van der Waals surface area contributed by atoms with Gasteiger partial charge in [-0.25, -0.2) is 4.39 Å². The van der Waals surface area contributed by atoms with Gasteiger partial charge in [-0.2, -0.15) is 0 Å². The van der Waals surface area contributed by atoms with Crippen LogP contribution in [0.3, 0.4) is 0 Å². The number of aryl methyl sites for hydroxylation is 1. The molecular formula is C21H29FN2O2. The van der Waals surface area contributed by atoms with E-state index in [0.29, 0.717) is 35.9 Å². The number of allylic oxidation sites excluding steroid dienone is 3. The van der Waals surface area contributed by atoms with Crippen molar-refractivity contribution in [2.45, 2.75) is 33.8 Å². The number of nitrogens with one attached hydrogen (secondary N) is 1. The van der Waals surface area contributed by atoms with Gasteiger partial charge in [0.05, 0.1) is 0 Å². The van der Waals surface area contributed by atoms with E-state index < -0.39 is 6.10 Å². The summed E-state index contributed by atoms with van der Waals surface area (Å²) in [5.74, 6) is 0.511. The molecule has 1 aromatic carbocycles. The van der Waals surface area contributed by atoms with Crippen LogP contribution in [0.2, 0.25) is 0 Å². The summed E-state index contributed by atoms with van der Waals surface area (Å²) in [7, 11) is 0. The maximum Gasteiger partial charge on any atom is 0.268 e. The van der Waals surface area contributed by atoms with E-state index in [4.69, 9.17) is 4.74 Å². The van der Waals surface area contributed by atoms with Crippen LogP contribution in [0.4, 0.5) is 4.39 Å².